The van der Waals surface area contributed by atoms with Crippen molar-refractivity contribution in [2.24, 2.45) is 0 Å². The van der Waals surface area contributed by atoms with Crippen LogP contribution < -0.4 is 4.74 Å². The Labute approximate surface area is 153 Å². The smallest absolute Gasteiger partial charge is 0.325 e. The Hall–Kier alpha value is -3.26. The van der Waals surface area contributed by atoms with Crippen molar-refractivity contribution >= 4 is 11.9 Å². The number of rotatable bonds is 7. The fourth-order valence-corrected chi connectivity index (χ4v) is 2.68. The van der Waals surface area contributed by atoms with Gasteiger partial charge in [0.05, 0.1) is 14.2 Å². The first kappa shape index (κ1) is 19.1. The van der Waals surface area contributed by atoms with E-state index in [1.54, 1.807) is 7.11 Å². The van der Waals surface area contributed by atoms with Crippen LogP contribution in [0.2, 0.25) is 0 Å². The third-order valence-corrected chi connectivity index (χ3v) is 4.08. The highest BCUT2D eigenvalue weighted by molar-refractivity contribution is 5.94. The molecule has 5 nitrogen and oxygen atoms in total. The summed E-state index contributed by atoms with van der Waals surface area (Å²) in [6.45, 7) is 0.0630. The number of carbonyl (C=O) groups excluding carboxylic acids is 2. The number of nitrogens with zero attached hydrogens (tertiary/aromatic N) is 1. The average molecular weight is 351 g/mol. The van der Waals surface area contributed by atoms with Gasteiger partial charge in [-0.1, -0.05) is 42.5 Å². The molecule has 0 aliphatic rings. The van der Waals surface area contributed by atoms with E-state index in [0.717, 1.165) is 16.9 Å². The van der Waals surface area contributed by atoms with Gasteiger partial charge in [0.2, 0.25) is 0 Å². The minimum atomic E-state index is -0.551. The lowest BCUT2D eigenvalue weighted by Gasteiger charge is -2.26. The number of esters is 1. The van der Waals surface area contributed by atoms with Crippen LogP contribution >= 0.6 is 0 Å². The number of hydrogen-bond acceptors (Lipinski definition) is 4. The molecule has 0 fully saturated rings. The molecule has 1 atom stereocenters. The van der Waals surface area contributed by atoms with Crippen molar-refractivity contribution < 1.29 is 19.1 Å². The first-order valence-electron chi connectivity index (χ1n) is 8.10. The minimum Gasteiger partial charge on any atom is -0.497 e. The molecule has 0 aliphatic carbocycles. The van der Waals surface area contributed by atoms with Gasteiger partial charge < -0.3 is 14.4 Å². The summed E-state index contributed by atoms with van der Waals surface area (Å²) >= 11 is 0. The zero-order valence-corrected chi connectivity index (χ0v) is 14.8. The van der Waals surface area contributed by atoms with Gasteiger partial charge >= 0.3 is 5.97 Å². The van der Waals surface area contributed by atoms with Gasteiger partial charge in [-0.15, -0.1) is 6.42 Å². The zero-order chi connectivity index (χ0) is 18.9. The second-order valence-electron chi connectivity index (χ2n) is 5.64. The lowest BCUT2D eigenvalue weighted by Crippen LogP contribution is -2.38. The summed E-state index contributed by atoms with van der Waals surface area (Å²) in [4.78, 5) is 25.1. The van der Waals surface area contributed by atoms with Crippen molar-refractivity contribution in [3.63, 3.8) is 0 Å². The van der Waals surface area contributed by atoms with Gasteiger partial charge in [-0.3, -0.25) is 9.59 Å². The van der Waals surface area contributed by atoms with Gasteiger partial charge in [0, 0.05) is 12.5 Å². The predicted octanol–water partition coefficient (Wildman–Crippen LogP) is 2.46. The maximum Gasteiger partial charge on any atom is 0.325 e. The number of methoxy groups -OCH3 is 2. The molecule has 0 radical (unpaired) electrons. The molecule has 134 valence electrons. The Morgan fingerprint density at radius 2 is 1.65 bits per heavy atom. The van der Waals surface area contributed by atoms with Crippen molar-refractivity contribution in [3.8, 4) is 18.1 Å². The van der Waals surface area contributed by atoms with Crippen LogP contribution in [0.1, 0.15) is 17.0 Å². The molecule has 26 heavy (non-hydrogen) atoms. The van der Waals surface area contributed by atoms with Crippen LogP contribution in [0, 0.1) is 12.3 Å². The van der Waals surface area contributed by atoms with Crippen LogP contribution in [0.3, 0.4) is 0 Å². The molecule has 0 saturated heterocycles. The number of benzene rings is 2. The van der Waals surface area contributed by atoms with Crippen molar-refractivity contribution in [3.05, 3.63) is 65.7 Å². The van der Waals surface area contributed by atoms with E-state index < -0.39 is 11.9 Å². The second kappa shape index (κ2) is 9.28. The van der Waals surface area contributed by atoms with E-state index in [4.69, 9.17) is 11.2 Å². The van der Waals surface area contributed by atoms with Crippen molar-refractivity contribution in [1.82, 2.24) is 4.90 Å². The zero-order valence-electron chi connectivity index (χ0n) is 14.8. The molecule has 0 spiro atoms. The van der Waals surface area contributed by atoms with Gasteiger partial charge in [0.25, 0.3) is 5.91 Å². The fraction of sp³-hybridized carbons (Fsp3) is 0.238. The van der Waals surface area contributed by atoms with Crippen LogP contribution in [0.4, 0.5) is 0 Å². The molecule has 0 aromatic heterocycles. The Kier molecular flexibility index (Phi) is 6.81. The maximum absolute atomic E-state index is 12.1. The first-order chi connectivity index (χ1) is 12.6. The highest BCUT2D eigenvalue weighted by Gasteiger charge is 2.23. The monoisotopic (exact) mass is 351 g/mol. The highest BCUT2D eigenvalue weighted by Crippen LogP contribution is 2.27. The van der Waals surface area contributed by atoms with E-state index in [0.29, 0.717) is 0 Å². The summed E-state index contributed by atoms with van der Waals surface area (Å²) in [5, 5.41) is 0. The van der Waals surface area contributed by atoms with E-state index in [9.17, 15) is 9.59 Å². The summed E-state index contributed by atoms with van der Waals surface area (Å²) in [7, 11) is 2.88. The van der Waals surface area contributed by atoms with E-state index in [1.807, 2.05) is 54.6 Å². The number of carbonyl (C=O) groups is 2. The van der Waals surface area contributed by atoms with Gasteiger partial charge in [0.15, 0.2) is 0 Å². The SMILES string of the molecule is C#CC(=O)N(CC(=O)OC)CC(c1ccccc1)c1ccc(OC)cc1. The molecule has 0 N–H and O–H groups in total. The summed E-state index contributed by atoms with van der Waals surface area (Å²) in [6, 6.07) is 17.3. The van der Waals surface area contributed by atoms with Crippen LogP contribution in [0.25, 0.3) is 0 Å². The lowest BCUT2D eigenvalue weighted by atomic mass is 9.90. The van der Waals surface area contributed by atoms with E-state index >= 15 is 0 Å². The standard InChI is InChI=1S/C21H21NO4/c1-4-20(23)22(15-21(24)26-3)14-19(16-8-6-5-7-9-16)17-10-12-18(25-2)13-11-17/h1,5-13,19H,14-15H2,2-3H3. The largest absolute Gasteiger partial charge is 0.497 e. The topological polar surface area (TPSA) is 55.8 Å². The van der Waals surface area contributed by atoms with Gasteiger partial charge in [-0.05, 0) is 29.2 Å². The van der Waals surface area contributed by atoms with Crippen molar-refractivity contribution in [1.29, 1.82) is 0 Å². The molecule has 0 bridgehead atoms. The number of terminal acetylenes is 1. The molecular formula is C21H21NO4. The molecular weight excluding hydrogens is 330 g/mol. The summed E-state index contributed by atoms with van der Waals surface area (Å²) in [5.74, 6) is 1.60. The first-order valence-corrected chi connectivity index (χ1v) is 8.10. The Morgan fingerprint density at radius 3 is 2.19 bits per heavy atom. The number of amides is 1. The molecule has 2 rings (SSSR count). The molecule has 0 aliphatic heterocycles. The van der Waals surface area contributed by atoms with Crippen LogP contribution in [0.15, 0.2) is 54.6 Å². The second-order valence-corrected chi connectivity index (χ2v) is 5.64. The van der Waals surface area contributed by atoms with Crippen molar-refractivity contribution in [2.75, 3.05) is 27.3 Å². The third-order valence-electron chi connectivity index (χ3n) is 4.08. The molecule has 0 heterocycles. The Morgan fingerprint density at radius 1 is 1.04 bits per heavy atom. The minimum absolute atomic E-state index is 0.149. The van der Waals surface area contributed by atoms with Gasteiger partial charge in [0.1, 0.15) is 12.3 Å². The molecule has 2 aromatic carbocycles. The van der Waals surface area contributed by atoms with E-state index in [1.165, 1.54) is 12.0 Å². The van der Waals surface area contributed by atoms with Crippen LogP contribution in [-0.2, 0) is 14.3 Å². The summed E-state index contributed by atoms with van der Waals surface area (Å²) < 4.78 is 9.89. The quantitative estimate of drug-likeness (QED) is 0.568. The number of ether oxygens (including phenoxy) is 2. The maximum atomic E-state index is 12.1. The molecule has 1 amide bonds. The third kappa shape index (κ3) is 4.87. The normalized spacial score (nSPS) is 11.1. The van der Waals surface area contributed by atoms with Gasteiger partial charge in [-0.2, -0.15) is 0 Å². The molecule has 1 unspecified atom stereocenters. The predicted molar refractivity (Wildman–Crippen MR) is 98.7 cm³/mol. The number of hydrogen-bond donors (Lipinski definition) is 0. The van der Waals surface area contributed by atoms with Crippen LogP contribution in [-0.4, -0.2) is 44.1 Å². The van der Waals surface area contributed by atoms with E-state index in [-0.39, 0.29) is 19.0 Å². The van der Waals surface area contributed by atoms with Crippen molar-refractivity contribution in [2.45, 2.75) is 5.92 Å². The Bertz CT molecular complexity index is 778. The lowest BCUT2D eigenvalue weighted by molar-refractivity contribution is -0.145. The molecule has 0 saturated carbocycles. The summed E-state index contributed by atoms with van der Waals surface area (Å²) in [5.41, 5.74) is 1.99. The fourth-order valence-electron chi connectivity index (χ4n) is 2.68. The summed E-state index contributed by atoms with van der Waals surface area (Å²) in [6.07, 6.45) is 5.27. The average Bonchev–Trinajstić information content (AvgIpc) is 2.71. The molecule has 5 heteroatoms. The van der Waals surface area contributed by atoms with E-state index in [2.05, 4.69) is 10.7 Å². The highest BCUT2D eigenvalue weighted by atomic mass is 16.5. The molecule has 2 aromatic rings. The Balaban J connectivity index is 2.37. The van der Waals surface area contributed by atoms with Gasteiger partial charge in [-0.25, -0.2) is 0 Å². The van der Waals surface area contributed by atoms with Crippen LogP contribution in [0.5, 0.6) is 5.75 Å².